The molecule has 1 aromatic rings. The molecule has 34 heavy (non-hydrogen) atoms. The first-order valence-corrected chi connectivity index (χ1v) is 11.4. The molecule has 5 N–H and O–H groups in total. The van der Waals surface area contributed by atoms with Crippen LogP contribution in [0.3, 0.4) is 0 Å². The monoisotopic (exact) mass is 480 g/mol. The van der Waals surface area contributed by atoms with Crippen molar-refractivity contribution in [1.29, 1.82) is 0 Å². The molecule has 188 valence electrons. The molecule has 6 atom stereocenters. The predicted molar refractivity (Wildman–Crippen MR) is 119 cm³/mol. The third-order valence-corrected chi connectivity index (χ3v) is 5.92. The van der Waals surface area contributed by atoms with Crippen LogP contribution in [0.25, 0.3) is 6.08 Å². The molecule has 2 heterocycles. The summed E-state index contributed by atoms with van der Waals surface area (Å²) in [5, 5.41) is 50.1. The van der Waals surface area contributed by atoms with Gasteiger partial charge in [-0.3, -0.25) is 4.79 Å². The Hall–Kier alpha value is -2.50. The Balaban J connectivity index is 1.88. The van der Waals surface area contributed by atoms with Crippen LogP contribution >= 0.6 is 0 Å². The highest BCUT2D eigenvalue weighted by Gasteiger charge is 2.44. The third-order valence-electron chi connectivity index (χ3n) is 5.92. The molecule has 10 nitrogen and oxygen atoms in total. The Labute approximate surface area is 197 Å². The molecule has 0 aliphatic carbocycles. The van der Waals surface area contributed by atoms with Crippen molar-refractivity contribution in [2.24, 2.45) is 0 Å². The van der Waals surface area contributed by atoms with E-state index in [0.717, 1.165) is 6.07 Å². The topological polar surface area (TPSA) is 163 Å². The molecule has 0 bridgehead atoms. The number of benzene rings is 1. The molecular weight excluding hydrogens is 448 g/mol. The van der Waals surface area contributed by atoms with Gasteiger partial charge >= 0.3 is 5.97 Å². The number of cyclic esters (lactones) is 1. The zero-order valence-corrected chi connectivity index (χ0v) is 19.0. The number of carbonyl (C=O) groups excluding carboxylic acids is 2. The lowest BCUT2D eigenvalue weighted by Gasteiger charge is -2.39. The fourth-order valence-electron chi connectivity index (χ4n) is 3.98. The molecule has 3 rings (SSSR count). The number of allylic oxidation sites excluding steroid dienone is 1. The number of phenolic OH excluding ortho intramolecular Hbond substituents is 1. The van der Waals surface area contributed by atoms with Gasteiger partial charge in [-0.05, 0) is 44.2 Å². The molecule has 0 unspecified atom stereocenters. The van der Waals surface area contributed by atoms with Crippen LogP contribution in [0.1, 0.15) is 61.4 Å². The van der Waals surface area contributed by atoms with Gasteiger partial charge in [-0.1, -0.05) is 12.2 Å². The van der Waals surface area contributed by atoms with Crippen LogP contribution < -0.4 is 4.74 Å². The van der Waals surface area contributed by atoms with Gasteiger partial charge in [-0.25, -0.2) is 4.79 Å². The largest absolute Gasteiger partial charge is 0.507 e. The average Bonchev–Trinajstić information content (AvgIpc) is 2.78. The number of phenols is 1. The number of fused-ring (bicyclic) bond motifs is 1. The first kappa shape index (κ1) is 26.1. The highest BCUT2D eigenvalue weighted by atomic mass is 16.7. The van der Waals surface area contributed by atoms with E-state index in [1.807, 2.05) is 0 Å². The number of Topliss-reactive ketones (excluding diaryl/α,β-unsaturated/α-hetero) is 1. The SMILES string of the molecule is C[C@H]1CCCC(=O)CCC/C=C\c2cc(O[C@@H]3O[C@H](CO)[C@@H](O)[C@H](O)[C@H]3O)cc(O)c2C(=O)O1. The molecule has 0 saturated carbocycles. The molecule has 2 aliphatic heterocycles. The summed E-state index contributed by atoms with van der Waals surface area (Å²) in [7, 11) is 0. The third kappa shape index (κ3) is 6.34. The van der Waals surface area contributed by atoms with Crippen molar-refractivity contribution >= 4 is 17.8 Å². The van der Waals surface area contributed by atoms with Crippen LogP contribution in [-0.2, 0) is 14.3 Å². The number of rotatable bonds is 3. The molecule has 0 aromatic heterocycles. The van der Waals surface area contributed by atoms with E-state index in [2.05, 4.69) is 0 Å². The molecule has 0 radical (unpaired) electrons. The van der Waals surface area contributed by atoms with E-state index in [1.165, 1.54) is 6.07 Å². The maximum Gasteiger partial charge on any atom is 0.342 e. The minimum absolute atomic E-state index is 0.0161. The second kappa shape index (κ2) is 11.8. The van der Waals surface area contributed by atoms with Crippen LogP contribution in [0.4, 0.5) is 0 Å². The lowest BCUT2D eigenvalue weighted by atomic mass is 9.99. The van der Waals surface area contributed by atoms with Crippen molar-refractivity contribution in [3.8, 4) is 11.5 Å². The molecule has 1 saturated heterocycles. The Kier molecular flexibility index (Phi) is 9.03. The maximum absolute atomic E-state index is 12.8. The van der Waals surface area contributed by atoms with Crippen LogP contribution in [0.15, 0.2) is 18.2 Å². The zero-order chi connectivity index (χ0) is 24.8. The van der Waals surface area contributed by atoms with E-state index in [0.29, 0.717) is 44.1 Å². The van der Waals surface area contributed by atoms with Gasteiger partial charge in [0.25, 0.3) is 0 Å². The minimum atomic E-state index is -1.63. The number of esters is 1. The summed E-state index contributed by atoms with van der Waals surface area (Å²) in [6, 6.07) is 2.60. The van der Waals surface area contributed by atoms with Crippen molar-refractivity contribution in [2.45, 2.75) is 82.3 Å². The Bertz CT molecular complexity index is 896. The second-order valence-electron chi connectivity index (χ2n) is 8.66. The van der Waals surface area contributed by atoms with Crippen molar-refractivity contribution in [3.05, 3.63) is 29.3 Å². The summed E-state index contributed by atoms with van der Waals surface area (Å²) >= 11 is 0. The zero-order valence-electron chi connectivity index (χ0n) is 19.0. The molecule has 0 spiro atoms. The minimum Gasteiger partial charge on any atom is -0.507 e. The Morgan fingerprint density at radius 1 is 1.06 bits per heavy atom. The van der Waals surface area contributed by atoms with Crippen molar-refractivity contribution in [3.63, 3.8) is 0 Å². The summed E-state index contributed by atoms with van der Waals surface area (Å²) in [5.74, 6) is -0.965. The van der Waals surface area contributed by atoms with Crippen LogP contribution in [-0.4, -0.2) is 80.7 Å². The quantitative estimate of drug-likeness (QED) is 0.395. The Morgan fingerprint density at radius 3 is 2.53 bits per heavy atom. The van der Waals surface area contributed by atoms with Gasteiger partial charge in [-0.2, -0.15) is 0 Å². The number of aliphatic hydroxyl groups excluding tert-OH is 4. The number of aliphatic hydroxyl groups is 4. The van der Waals surface area contributed by atoms with Gasteiger partial charge in [0.1, 0.15) is 47.3 Å². The summed E-state index contributed by atoms with van der Waals surface area (Å²) in [4.78, 5) is 24.8. The van der Waals surface area contributed by atoms with Crippen LogP contribution in [0, 0.1) is 0 Å². The van der Waals surface area contributed by atoms with E-state index in [9.17, 15) is 35.1 Å². The number of ketones is 1. The first-order valence-electron chi connectivity index (χ1n) is 11.4. The van der Waals surface area contributed by atoms with E-state index in [-0.39, 0.29) is 17.1 Å². The highest BCUT2D eigenvalue weighted by Crippen LogP contribution is 2.33. The van der Waals surface area contributed by atoms with Gasteiger partial charge in [0.15, 0.2) is 0 Å². The standard InChI is InChI=1S/C24H32O10/c1-13-6-5-9-15(26)8-4-2-3-7-14-10-16(11-17(27)19(14)23(31)32-13)33-24-22(30)21(29)20(28)18(12-25)34-24/h3,7,10-11,13,18,20-22,24-25,27-30H,2,4-6,8-9,12H2,1H3/b7-3-/t13-,18+,20+,21-,22+,24+/m0/s1. The highest BCUT2D eigenvalue weighted by molar-refractivity contribution is 5.97. The predicted octanol–water partition coefficient (Wildman–Crippen LogP) is 1.05. The number of hydrogen-bond acceptors (Lipinski definition) is 10. The van der Waals surface area contributed by atoms with Crippen molar-refractivity contribution < 1.29 is 49.3 Å². The second-order valence-corrected chi connectivity index (χ2v) is 8.66. The van der Waals surface area contributed by atoms with E-state index < -0.39 is 55.1 Å². The van der Waals surface area contributed by atoms with Gasteiger partial charge in [-0.15, -0.1) is 0 Å². The molecular formula is C24H32O10. The van der Waals surface area contributed by atoms with Gasteiger partial charge in [0.05, 0.1) is 12.7 Å². The van der Waals surface area contributed by atoms with E-state index in [1.54, 1.807) is 19.1 Å². The number of carbonyl (C=O) groups is 2. The normalized spacial score (nSPS) is 32.3. The smallest absolute Gasteiger partial charge is 0.342 e. The first-order chi connectivity index (χ1) is 16.2. The van der Waals surface area contributed by atoms with Crippen molar-refractivity contribution in [2.75, 3.05) is 6.61 Å². The van der Waals surface area contributed by atoms with Crippen molar-refractivity contribution in [1.82, 2.24) is 0 Å². The van der Waals surface area contributed by atoms with Gasteiger partial charge in [0.2, 0.25) is 6.29 Å². The van der Waals surface area contributed by atoms with E-state index >= 15 is 0 Å². The number of aromatic hydroxyl groups is 1. The maximum atomic E-state index is 12.8. The summed E-state index contributed by atoms with van der Waals surface area (Å²) in [5.41, 5.74) is 0.234. The number of hydrogen-bond donors (Lipinski definition) is 5. The molecule has 1 fully saturated rings. The molecule has 1 aromatic carbocycles. The molecule has 10 heteroatoms. The summed E-state index contributed by atoms with van der Waals surface area (Å²) in [6.07, 6.45) is -1.24. The number of ether oxygens (including phenoxy) is 3. The average molecular weight is 481 g/mol. The summed E-state index contributed by atoms with van der Waals surface area (Å²) < 4.78 is 16.4. The van der Waals surface area contributed by atoms with E-state index in [4.69, 9.17) is 14.2 Å². The van der Waals surface area contributed by atoms with Crippen LogP contribution in [0.5, 0.6) is 11.5 Å². The summed E-state index contributed by atoms with van der Waals surface area (Å²) in [6.45, 7) is 1.10. The molecule has 0 amide bonds. The fourth-order valence-corrected chi connectivity index (χ4v) is 3.98. The lowest BCUT2D eigenvalue weighted by Crippen LogP contribution is -2.60. The van der Waals surface area contributed by atoms with Crippen LogP contribution in [0.2, 0.25) is 0 Å². The fraction of sp³-hybridized carbons (Fsp3) is 0.583. The van der Waals surface area contributed by atoms with Gasteiger partial charge in [0, 0.05) is 18.9 Å². The Morgan fingerprint density at radius 2 is 1.79 bits per heavy atom. The lowest BCUT2D eigenvalue weighted by molar-refractivity contribution is -0.277. The molecule has 2 aliphatic rings. The van der Waals surface area contributed by atoms with Gasteiger partial charge < -0.3 is 39.7 Å².